The predicted octanol–water partition coefficient (Wildman–Crippen LogP) is 4.52. The van der Waals surface area contributed by atoms with Crippen molar-refractivity contribution in [3.8, 4) is 11.5 Å². The number of nitrogens with zero attached hydrogens (tertiary/aromatic N) is 2. The highest BCUT2D eigenvalue weighted by atomic mass is 16.7. The molecule has 2 amide bonds. The average Bonchev–Trinajstić information content (AvgIpc) is 3.51. The van der Waals surface area contributed by atoms with E-state index in [2.05, 4.69) is 56.9 Å². The molecule has 5 rings (SSSR count). The standard InChI is InChI=1S/C30H34N4O5/c1-36-26-17-22-10-14-34(15-13-32-30(35)33-23-8-11-31-12-9-23)29(24(22)18-27(26)37-2)25(28-19-38-20-39-28)16-21-6-4-3-5-7-21/h3-9,11-12,17-19,25,29H,10,13-16,20H2,1-2H3,(H2,31,32,33,35). The van der Waals surface area contributed by atoms with E-state index in [9.17, 15) is 4.79 Å². The van der Waals surface area contributed by atoms with Gasteiger partial charge >= 0.3 is 6.03 Å². The monoisotopic (exact) mass is 530 g/mol. The number of ether oxygens (including phenoxy) is 4. The Kier molecular flexibility index (Phi) is 8.48. The summed E-state index contributed by atoms with van der Waals surface area (Å²) in [6.45, 7) is 2.16. The number of nitrogens with one attached hydrogen (secondary N) is 2. The Labute approximate surface area is 228 Å². The van der Waals surface area contributed by atoms with Gasteiger partial charge in [-0.15, -0.1) is 0 Å². The Balaban J connectivity index is 1.42. The third-order valence-electron chi connectivity index (χ3n) is 7.19. The summed E-state index contributed by atoms with van der Waals surface area (Å²) in [5.74, 6) is 2.21. The van der Waals surface area contributed by atoms with Gasteiger partial charge in [-0.25, -0.2) is 4.79 Å². The maximum absolute atomic E-state index is 12.5. The molecular formula is C30H34N4O5. The van der Waals surface area contributed by atoms with Crippen LogP contribution in [-0.2, 0) is 22.3 Å². The molecule has 1 aromatic heterocycles. The first-order valence-corrected chi connectivity index (χ1v) is 13.1. The number of aromatic nitrogens is 1. The molecule has 2 N–H and O–H groups in total. The van der Waals surface area contributed by atoms with Crippen LogP contribution in [0.1, 0.15) is 22.7 Å². The first-order valence-electron chi connectivity index (χ1n) is 13.1. The van der Waals surface area contributed by atoms with Crippen molar-refractivity contribution < 1.29 is 23.7 Å². The lowest BCUT2D eigenvalue weighted by atomic mass is 9.80. The number of amides is 2. The van der Waals surface area contributed by atoms with Crippen molar-refractivity contribution in [2.75, 3.05) is 46.0 Å². The van der Waals surface area contributed by atoms with Crippen LogP contribution in [0.2, 0.25) is 0 Å². The summed E-state index contributed by atoms with van der Waals surface area (Å²) in [6.07, 6.45) is 6.64. The molecule has 2 atom stereocenters. The lowest BCUT2D eigenvalue weighted by Crippen LogP contribution is -2.45. The number of fused-ring (bicyclic) bond motifs is 1. The van der Waals surface area contributed by atoms with Crippen LogP contribution >= 0.6 is 0 Å². The van der Waals surface area contributed by atoms with E-state index in [-0.39, 0.29) is 24.8 Å². The number of rotatable bonds is 10. The average molecular weight is 531 g/mol. The molecule has 204 valence electrons. The van der Waals surface area contributed by atoms with Gasteiger partial charge in [0.1, 0.15) is 12.0 Å². The van der Waals surface area contributed by atoms with Crippen molar-refractivity contribution in [1.29, 1.82) is 0 Å². The van der Waals surface area contributed by atoms with Crippen LogP contribution in [0.15, 0.2) is 79.0 Å². The topological polar surface area (TPSA) is 94.2 Å². The van der Waals surface area contributed by atoms with Crippen molar-refractivity contribution >= 4 is 11.7 Å². The summed E-state index contributed by atoms with van der Waals surface area (Å²) in [5, 5.41) is 5.84. The summed E-state index contributed by atoms with van der Waals surface area (Å²) in [4.78, 5) is 18.9. The molecule has 0 saturated carbocycles. The summed E-state index contributed by atoms with van der Waals surface area (Å²) < 4.78 is 22.8. The second kappa shape index (κ2) is 12.5. The zero-order chi connectivity index (χ0) is 27.0. The van der Waals surface area contributed by atoms with E-state index in [1.165, 1.54) is 11.1 Å². The fourth-order valence-electron chi connectivity index (χ4n) is 5.36. The van der Waals surface area contributed by atoms with Crippen LogP contribution < -0.4 is 20.1 Å². The Morgan fingerprint density at radius 1 is 1.10 bits per heavy atom. The number of carbonyl (C=O) groups is 1. The molecule has 39 heavy (non-hydrogen) atoms. The van der Waals surface area contributed by atoms with Gasteiger partial charge in [0, 0.05) is 49.7 Å². The fourth-order valence-corrected chi connectivity index (χ4v) is 5.36. The minimum atomic E-state index is -0.252. The first kappa shape index (κ1) is 26.4. The second-order valence-electron chi connectivity index (χ2n) is 9.50. The molecule has 2 unspecified atom stereocenters. The lowest BCUT2D eigenvalue weighted by Gasteiger charge is -2.42. The maximum atomic E-state index is 12.5. The third kappa shape index (κ3) is 6.26. The Hall–Kier alpha value is -4.24. The largest absolute Gasteiger partial charge is 0.493 e. The van der Waals surface area contributed by atoms with Gasteiger partial charge in [-0.2, -0.15) is 0 Å². The van der Waals surface area contributed by atoms with Crippen LogP contribution in [-0.4, -0.2) is 56.6 Å². The Bertz CT molecular complexity index is 1290. The zero-order valence-corrected chi connectivity index (χ0v) is 22.3. The number of hydrogen-bond acceptors (Lipinski definition) is 7. The zero-order valence-electron chi connectivity index (χ0n) is 22.3. The van der Waals surface area contributed by atoms with Crippen LogP contribution in [0.3, 0.4) is 0 Å². The molecule has 3 heterocycles. The van der Waals surface area contributed by atoms with Gasteiger partial charge in [-0.05, 0) is 53.8 Å². The quantitative estimate of drug-likeness (QED) is 0.398. The molecule has 3 aromatic rings. The van der Waals surface area contributed by atoms with Gasteiger partial charge in [0.05, 0.1) is 14.2 Å². The molecule has 2 aliphatic heterocycles. The van der Waals surface area contributed by atoms with Crippen molar-refractivity contribution in [1.82, 2.24) is 15.2 Å². The summed E-state index contributed by atoms with van der Waals surface area (Å²) in [5.41, 5.74) is 4.29. The molecule has 0 spiro atoms. The van der Waals surface area contributed by atoms with E-state index in [0.29, 0.717) is 24.5 Å². The first-order chi connectivity index (χ1) is 19.2. The summed E-state index contributed by atoms with van der Waals surface area (Å²) in [7, 11) is 3.31. The van der Waals surface area contributed by atoms with Gasteiger partial charge in [0.15, 0.2) is 11.5 Å². The Morgan fingerprint density at radius 2 is 1.87 bits per heavy atom. The predicted molar refractivity (Wildman–Crippen MR) is 148 cm³/mol. The minimum absolute atomic E-state index is 0.0160. The van der Waals surface area contributed by atoms with Crippen molar-refractivity contribution in [2.24, 2.45) is 5.92 Å². The molecule has 0 radical (unpaired) electrons. The number of benzene rings is 2. The molecule has 9 heteroatoms. The molecule has 2 aromatic carbocycles. The van der Waals surface area contributed by atoms with Crippen molar-refractivity contribution in [3.63, 3.8) is 0 Å². The Morgan fingerprint density at radius 3 is 2.59 bits per heavy atom. The highest BCUT2D eigenvalue weighted by Crippen LogP contribution is 2.44. The van der Waals surface area contributed by atoms with Crippen LogP contribution in [0.4, 0.5) is 10.5 Å². The van der Waals surface area contributed by atoms with Crippen molar-refractivity contribution in [3.05, 3.63) is 95.7 Å². The van der Waals surface area contributed by atoms with Gasteiger partial charge in [-0.3, -0.25) is 9.88 Å². The summed E-state index contributed by atoms with van der Waals surface area (Å²) in [6, 6.07) is 17.8. The SMILES string of the molecule is COc1cc2c(cc1OC)C(C(Cc1ccccc1)C1=COCO1)N(CCNC(=O)Nc1ccncc1)CC2. The number of anilines is 1. The number of hydrogen-bond donors (Lipinski definition) is 2. The van der Waals surface area contributed by atoms with E-state index in [4.69, 9.17) is 18.9 Å². The molecule has 0 fully saturated rings. The van der Waals surface area contributed by atoms with Gasteiger partial charge in [0.2, 0.25) is 6.79 Å². The smallest absolute Gasteiger partial charge is 0.319 e. The molecule has 0 aliphatic carbocycles. The van der Waals surface area contributed by atoms with Crippen LogP contribution in [0, 0.1) is 5.92 Å². The summed E-state index contributed by atoms with van der Waals surface area (Å²) >= 11 is 0. The maximum Gasteiger partial charge on any atom is 0.319 e. The lowest BCUT2D eigenvalue weighted by molar-refractivity contribution is 0.0523. The van der Waals surface area contributed by atoms with Gasteiger partial charge < -0.3 is 29.6 Å². The number of urea groups is 1. The fraction of sp³-hybridized carbons (Fsp3) is 0.333. The highest BCUT2D eigenvalue weighted by molar-refractivity contribution is 5.89. The van der Waals surface area contributed by atoms with E-state index < -0.39 is 0 Å². The van der Waals surface area contributed by atoms with E-state index in [1.54, 1.807) is 45.0 Å². The number of methoxy groups -OCH3 is 2. The van der Waals surface area contributed by atoms with Crippen LogP contribution in [0.25, 0.3) is 0 Å². The molecule has 9 nitrogen and oxygen atoms in total. The third-order valence-corrected chi connectivity index (χ3v) is 7.19. The minimum Gasteiger partial charge on any atom is -0.493 e. The highest BCUT2D eigenvalue weighted by Gasteiger charge is 2.38. The van der Waals surface area contributed by atoms with Crippen LogP contribution in [0.5, 0.6) is 11.5 Å². The van der Waals surface area contributed by atoms with E-state index in [1.807, 2.05) is 6.07 Å². The molecule has 0 bridgehead atoms. The number of pyridine rings is 1. The number of carbonyl (C=O) groups excluding carboxylic acids is 1. The second-order valence-corrected chi connectivity index (χ2v) is 9.50. The molecular weight excluding hydrogens is 496 g/mol. The van der Waals surface area contributed by atoms with E-state index >= 15 is 0 Å². The van der Waals surface area contributed by atoms with Crippen molar-refractivity contribution in [2.45, 2.75) is 18.9 Å². The molecule has 0 saturated heterocycles. The molecule has 2 aliphatic rings. The van der Waals surface area contributed by atoms with E-state index in [0.717, 1.165) is 36.5 Å². The normalized spacial score (nSPS) is 17.2. The van der Waals surface area contributed by atoms with Gasteiger partial charge in [-0.1, -0.05) is 30.3 Å². The van der Waals surface area contributed by atoms with Gasteiger partial charge in [0.25, 0.3) is 0 Å².